The molecule has 3 rings (SSSR count). The normalized spacial score (nSPS) is 12.7. The van der Waals surface area contributed by atoms with E-state index in [-0.39, 0.29) is 10.6 Å². The van der Waals surface area contributed by atoms with Crippen molar-refractivity contribution < 1.29 is 21.3 Å². The number of sulfonamides is 1. The van der Waals surface area contributed by atoms with Gasteiger partial charge in [-0.15, -0.1) is 0 Å². The molecule has 10 heteroatoms. The van der Waals surface area contributed by atoms with Gasteiger partial charge in [0.25, 0.3) is 5.22 Å². The molecule has 0 unspecified atom stereocenters. The van der Waals surface area contributed by atoms with Crippen molar-refractivity contribution in [3.05, 3.63) is 48.5 Å². The van der Waals surface area contributed by atoms with Crippen LogP contribution in [0.1, 0.15) is 6.42 Å². The molecule has 1 aromatic heterocycles. The first kappa shape index (κ1) is 20.8. The number of aromatic nitrogens is 1. The zero-order valence-electron chi connectivity index (χ0n) is 15.4. The van der Waals surface area contributed by atoms with Gasteiger partial charge in [-0.25, -0.2) is 26.1 Å². The van der Waals surface area contributed by atoms with E-state index in [1.165, 1.54) is 38.0 Å². The Labute approximate surface area is 168 Å². The van der Waals surface area contributed by atoms with Crippen molar-refractivity contribution in [3.8, 4) is 0 Å². The molecule has 0 radical (unpaired) electrons. The summed E-state index contributed by atoms with van der Waals surface area (Å²) < 4.78 is 55.7. The second kappa shape index (κ2) is 8.24. The van der Waals surface area contributed by atoms with E-state index in [0.29, 0.717) is 33.4 Å². The van der Waals surface area contributed by atoms with Gasteiger partial charge in [0, 0.05) is 19.8 Å². The van der Waals surface area contributed by atoms with Gasteiger partial charge in [-0.05, 0) is 36.8 Å². The van der Waals surface area contributed by atoms with Gasteiger partial charge in [0.2, 0.25) is 10.0 Å². The quantitative estimate of drug-likeness (QED) is 0.392. The summed E-state index contributed by atoms with van der Waals surface area (Å²) in [6, 6.07) is 12.9. The molecule has 150 valence electrons. The van der Waals surface area contributed by atoms with Gasteiger partial charge in [0.15, 0.2) is 15.4 Å². The molecule has 0 aliphatic carbocycles. The molecule has 1 heterocycles. The molecule has 7 nitrogen and oxygen atoms in total. The number of rotatable bonds is 8. The molecule has 0 bridgehead atoms. The summed E-state index contributed by atoms with van der Waals surface area (Å²) in [5.41, 5.74) is 0.930. The first-order valence-corrected chi connectivity index (χ1v) is 12.5. The van der Waals surface area contributed by atoms with Crippen LogP contribution >= 0.6 is 11.8 Å². The molecule has 0 aliphatic rings. The smallest absolute Gasteiger partial charge is 0.256 e. The third-order valence-electron chi connectivity index (χ3n) is 4.00. The Bertz CT molecular complexity index is 1170. The van der Waals surface area contributed by atoms with Crippen LogP contribution in [0.4, 0.5) is 0 Å². The molecular formula is C18H20N2O5S3. The van der Waals surface area contributed by atoms with Crippen LogP contribution in [0, 0.1) is 0 Å². The summed E-state index contributed by atoms with van der Waals surface area (Å²) >= 11 is 1.30. The molecule has 28 heavy (non-hydrogen) atoms. The van der Waals surface area contributed by atoms with Gasteiger partial charge >= 0.3 is 0 Å². The minimum absolute atomic E-state index is 0.0372. The lowest BCUT2D eigenvalue weighted by molar-refractivity contribution is 0.489. The highest BCUT2D eigenvalue weighted by molar-refractivity contribution is 7.99. The predicted octanol–water partition coefficient (Wildman–Crippen LogP) is 3.03. The zero-order valence-corrected chi connectivity index (χ0v) is 17.9. The number of benzene rings is 2. The third kappa shape index (κ3) is 4.57. The summed E-state index contributed by atoms with van der Waals surface area (Å²) in [6.45, 7) is 0. The number of hydrogen-bond acceptors (Lipinski definition) is 7. The Morgan fingerprint density at radius 2 is 1.71 bits per heavy atom. The van der Waals surface area contributed by atoms with Crippen molar-refractivity contribution in [1.82, 2.24) is 9.29 Å². The van der Waals surface area contributed by atoms with Gasteiger partial charge in [0.1, 0.15) is 5.52 Å². The van der Waals surface area contributed by atoms with Crippen LogP contribution < -0.4 is 0 Å². The highest BCUT2D eigenvalue weighted by Crippen LogP contribution is 2.27. The third-order valence-corrected chi connectivity index (χ3v) is 8.55. The Balaban J connectivity index is 1.64. The van der Waals surface area contributed by atoms with Crippen LogP contribution in [0.5, 0.6) is 0 Å². The fraction of sp³-hybridized carbons (Fsp3) is 0.278. The van der Waals surface area contributed by atoms with Gasteiger partial charge in [0.05, 0.1) is 15.5 Å². The molecule has 0 spiro atoms. The van der Waals surface area contributed by atoms with Gasteiger partial charge in [-0.3, -0.25) is 0 Å². The van der Waals surface area contributed by atoms with Crippen molar-refractivity contribution in [2.24, 2.45) is 0 Å². The number of oxazole rings is 1. The highest BCUT2D eigenvalue weighted by atomic mass is 32.2. The van der Waals surface area contributed by atoms with E-state index in [4.69, 9.17) is 4.42 Å². The number of fused-ring (bicyclic) bond motifs is 1. The second-order valence-corrected chi connectivity index (χ2v) is 11.5. The second-order valence-electron chi connectivity index (χ2n) is 6.23. The molecule has 2 aromatic carbocycles. The van der Waals surface area contributed by atoms with Crippen LogP contribution in [0.25, 0.3) is 11.1 Å². The van der Waals surface area contributed by atoms with E-state index in [2.05, 4.69) is 4.98 Å². The maximum absolute atomic E-state index is 12.3. The maximum Gasteiger partial charge on any atom is 0.256 e. The fourth-order valence-electron chi connectivity index (χ4n) is 2.47. The number of nitrogens with zero attached hydrogens (tertiary/aromatic N) is 2. The van der Waals surface area contributed by atoms with Crippen LogP contribution in [0.2, 0.25) is 0 Å². The summed E-state index contributed by atoms with van der Waals surface area (Å²) in [6.07, 6.45) is 0.445. The minimum atomic E-state index is -3.54. The van der Waals surface area contributed by atoms with E-state index < -0.39 is 19.9 Å². The first-order valence-electron chi connectivity index (χ1n) is 8.44. The van der Waals surface area contributed by atoms with E-state index >= 15 is 0 Å². The first-order chi connectivity index (χ1) is 13.2. The minimum Gasteiger partial charge on any atom is -0.431 e. The Morgan fingerprint density at radius 3 is 2.39 bits per heavy atom. The van der Waals surface area contributed by atoms with Crippen molar-refractivity contribution in [2.45, 2.75) is 21.4 Å². The van der Waals surface area contributed by atoms with Crippen LogP contribution in [-0.2, 0) is 19.9 Å². The molecule has 0 fully saturated rings. The Morgan fingerprint density at radius 1 is 1.00 bits per heavy atom. The van der Waals surface area contributed by atoms with Crippen LogP contribution in [0.15, 0.2) is 68.0 Å². The molecule has 0 N–H and O–H groups in total. The molecule has 0 aliphatic heterocycles. The van der Waals surface area contributed by atoms with E-state index in [1.807, 2.05) is 0 Å². The molecule has 0 saturated carbocycles. The average molecular weight is 441 g/mol. The highest BCUT2D eigenvalue weighted by Gasteiger charge is 2.19. The van der Waals surface area contributed by atoms with Gasteiger partial charge in [-0.1, -0.05) is 30.0 Å². The SMILES string of the molecule is CN(C)S(=O)(=O)c1ccc2oc(SCCCS(=O)(=O)c3ccccc3)nc2c1. The average Bonchev–Trinajstić information content (AvgIpc) is 3.08. The molecule has 0 atom stereocenters. The molecule has 0 amide bonds. The standard InChI is InChI=1S/C18H20N2O5S3/c1-20(2)28(23,24)15-9-10-17-16(13-15)19-18(25-17)26-11-6-12-27(21,22)14-7-4-3-5-8-14/h3-5,7-10,13H,6,11-12H2,1-2H3. The maximum atomic E-state index is 12.3. The van der Waals surface area contributed by atoms with Gasteiger partial charge in [-0.2, -0.15) is 0 Å². The topological polar surface area (TPSA) is 97.5 Å². The summed E-state index contributed by atoms with van der Waals surface area (Å²) in [5.74, 6) is 0.553. The van der Waals surface area contributed by atoms with Crippen molar-refractivity contribution in [3.63, 3.8) is 0 Å². The summed E-state index contributed by atoms with van der Waals surface area (Å²) in [7, 11) is -3.92. The number of thioether (sulfide) groups is 1. The lowest BCUT2D eigenvalue weighted by Gasteiger charge is -2.10. The van der Waals surface area contributed by atoms with E-state index in [1.54, 1.807) is 36.4 Å². The fourth-order valence-corrected chi connectivity index (χ4v) is 5.68. The van der Waals surface area contributed by atoms with E-state index in [0.717, 1.165) is 4.31 Å². The summed E-state index contributed by atoms with van der Waals surface area (Å²) in [5, 5.41) is 0.381. The van der Waals surface area contributed by atoms with Crippen molar-refractivity contribution in [1.29, 1.82) is 0 Å². The summed E-state index contributed by atoms with van der Waals surface area (Å²) in [4.78, 5) is 4.76. The Hall–Kier alpha value is -1.88. The Kier molecular flexibility index (Phi) is 6.13. The van der Waals surface area contributed by atoms with Gasteiger partial charge < -0.3 is 4.42 Å². The predicted molar refractivity (Wildman–Crippen MR) is 109 cm³/mol. The van der Waals surface area contributed by atoms with E-state index in [9.17, 15) is 16.8 Å². The molecule has 0 saturated heterocycles. The number of sulfone groups is 1. The number of hydrogen-bond donors (Lipinski definition) is 0. The van der Waals surface area contributed by atoms with Crippen molar-refractivity contribution >= 4 is 42.7 Å². The van der Waals surface area contributed by atoms with Crippen molar-refractivity contribution in [2.75, 3.05) is 25.6 Å². The monoisotopic (exact) mass is 440 g/mol. The van der Waals surface area contributed by atoms with Crippen LogP contribution in [-0.4, -0.2) is 51.7 Å². The largest absolute Gasteiger partial charge is 0.431 e. The molecular weight excluding hydrogens is 420 g/mol. The lowest BCUT2D eigenvalue weighted by Crippen LogP contribution is -2.22. The lowest BCUT2D eigenvalue weighted by atomic mass is 10.3. The zero-order chi connectivity index (χ0) is 20.4. The molecule has 3 aromatic rings. The van der Waals surface area contributed by atoms with Crippen LogP contribution in [0.3, 0.4) is 0 Å².